The summed E-state index contributed by atoms with van der Waals surface area (Å²) < 4.78 is 5.25. The summed E-state index contributed by atoms with van der Waals surface area (Å²) in [6.45, 7) is 2.33. The first-order chi connectivity index (χ1) is 6.29. The van der Waals surface area contributed by atoms with Crippen molar-refractivity contribution in [1.29, 1.82) is 0 Å². The summed E-state index contributed by atoms with van der Waals surface area (Å²) in [5.41, 5.74) is 1.07. The minimum Gasteiger partial charge on any atom is -0.490 e. The van der Waals surface area contributed by atoms with E-state index in [-0.39, 0.29) is 13.2 Å². The molecule has 0 fully saturated rings. The van der Waals surface area contributed by atoms with Gasteiger partial charge in [-0.05, 0) is 18.1 Å². The van der Waals surface area contributed by atoms with Crippen molar-refractivity contribution in [2.45, 2.75) is 13.3 Å². The number of rotatable bonds is 4. The first-order valence-electron chi connectivity index (χ1n) is 4.30. The maximum Gasteiger partial charge on any atom is 0.138 e. The molecule has 1 rings (SSSR count). The van der Waals surface area contributed by atoms with Gasteiger partial charge in [0.1, 0.15) is 12.4 Å². The molecule has 2 nitrogen and oxygen atoms in total. The molecule has 0 unspecified atom stereocenters. The molecule has 13 heavy (non-hydrogen) atoms. The van der Waals surface area contributed by atoms with Gasteiger partial charge in [0, 0.05) is 0 Å². The molecule has 0 bridgehead atoms. The highest BCUT2D eigenvalue weighted by Crippen LogP contribution is 2.28. The first-order valence-corrected chi connectivity index (χ1v) is 4.68. The standard InChI is InChI=1S/C10H13ClO2/c1-2-8-4-3-5-9(10(8)11)13-7-6-12/h3-5,12H,2,6-7H2,1H3. The predicted molar refractivity (Wildman–Crippen MR) is 53.4 cm³/mol. The summed E-state index contributed by atoms with van der Waals surface area (Å²) in [6.07, 6.45) is 0.884. The summed E-state index contributed by atoms with van der Waals surface area (Å²) in [5, 5.41) is 9.23. The Bertz CT molecular complexity index is 274. The highest BCUT2D eigenvalue weighted by Gasteiger charge is 2.04. The van der Waals surface area contributed by atoms with E-state index in [0.717, 1.165) is 12.0 Å². The second-order valence-electron chi connectivity index (χ2n) is 2.65. The van der Waals surface area contributed by atoms with Crippen LogP contribution in [0.4, 0.5) is 0 Å². The number of halogens is 1. The lowest BCUT2D eigenvalue weighted by Crippen LogP contribution is -2.02. The van der Waals surface area contributed by atoms with E-state index in [1.165, 1.54) is 0 Å². The van der Waals surface area contributed by atoms with Gasteiger partial charge in [-0.1, -0.05) is 30.7 Å². The Labute approximate surface area is 83.1 Å². The van der Waals surface area contributed by atoms with Gasteiger partial charge in [-0.2, -0.15) is 0 Å². The van der Waals surface area contributed by atoms with Crippen LogP contribution in [0.25, 0.3) is 0 Å². The number of aliphatic hydroxyl groups excluding tert-OH is 1. The fourth-order valence-electron chi connectivity index (χ4n) is 1.10. The van der Waals surface area contributed by atoms with E-state index in [2.05, 4.69) is 0 Å². The third-order valence-electron chi connectivity index (χ3n) is 1.77. The number of aliphatic hydroxyl groups is 1. The van der Waals surface area contributed by atoms with Gasteiger partial charge in [0.25, 0.3) is 0 Å². The van der Waals surface area contributed by atoms with Crippen LogP contribution < -0.4 is 4.74 Å². The molecule has 1 aromatic carbocycles. The summed E-state index contributed by atoms with van der Waals surface area (Å²) in [6, 6.07) is 5.67. The van der Waals surface area contributed by atoms with E-state index in [0.29, 0.717) is 10.8 Å². The smallest absolute Gasteiger partial charge is 0.138 e. The van der Waals surface area contributed by atoms with Crippen molar-refractivity contribution in [3.8, 4) is 5.75 Å². The first kappa shape index (κ1) is 10.4. The van der Waals surface area contributed by atoms with Gasteiger partial charge in [-0.25, -0.2) is 0 Å². The Morgan fingerprint density at radius 3 is 2.85 bits per heavy atom. The van der Waals surface area contributed by atoms with Crippen molar-refractivity contribution in [2.24, 2.45) is 0 Å². The van der Waals surface area contributed by atoms with E-state index in [1.54, 1.807) is 6.07 Å². The normalized spacial score (nSPS) is 10.1. The number of hydrogen-bond acceptors (Lipinski definition) is 2. The third-order valence-corrected chi connectivity index (χ3v) is 2.20. The van der Waals surface area contributed by atoms with E-state index < -0.39 is 0 Å². The Hall–Kier alpha value is -0.730. The summed E-state index contributed by atoms with van der Waals surface area (Å²) in [5.74, 6) is 0.648. The lowest BCUT2D eigenvalue weighted by Gasteiger charge is -2.08. The number of hydrogen-bond donors (Lipinski definition) is 1. The van der Waals surface area contributed by atoms with E-state index in [1.807, 2.05) is 19.1 Å². The van der Waals surface area contributed by atoms with Crippen LogP contribution in [0.2, 0.25) is 5.02 Å². The maximum atomic E-state index is 8.58. The van der Waals surface area contributed by atoms with E-state index >= 15 is 0 Å². The van der Waals surface area contributed by atoms with Crippen LogP contribution in [-0.4, -0.2) is 18.3 Å². The van der Waals surface area contributed by atoms with Gasteiger partial charge in [0.2, 0.25) is 0 Å². The van der Waals surface area contributed by atoms with Gasteiger partial charge in [0.15, 0.2) is 0 Å². The van der Waals surface area contributed by atoms with Crippen molar-refractivity contribution in [3.63, 3.8) is 0 Å². The molecular weight excluding hydrogens is 188 g/mol. The summed E-state index contributed by atoms with van der Waals surface area (Å²) in [4.78, 5) is 0. The molecule has 3 heteroatoms. The number of ether oxygens (including phenoxy) is 1. The van der Waals surface area contributed by atoms with Crippen LogP contribution in [0.5, 0.6) is 5.75 Å². The SMILES string of the molecule is CCc1cccc(OCCO)c1Cl. The number of benzene rings is 1. The van der Waals surface area contributed by atoms with Gasteiger partial charge in [0.05, 0.1) is 11.6 Å². The molecule has 0 amide bonds. The molecule has 0 saturated carbocycles. The van der Waals surface area contributed by atoms with Gasteiger partial charge < -0.3 is 9.84 Å². The van der Waals surface area contributed by atoms with Crippen molar-refractivity contribution in [3.05, 3.63) is 28.8 Å². The molecule has 0 aliphatic carbocycles. The second-order valence-corrected chi connectivity index (χ2v) is 3.03. The Morgan fingerprint density at radius 2 is 2.23 bits per heavy atom. The van der Waals surface area contributed by atoms with Gasteiger partial charge in [-0.3, -0.25) is 0 Å². The summed E-state index contributed by atoms with van der Waals surface area (Å²) in [7, 11) is 0. The van der Waals surface area contributed by atoms with E-state index in [4.69, 9.17) is 21.4 Å². The van der Waals surface area contributed by atoms with Crippen LogP contribution in [0.1, 0.15) is 12.5 Å². The molecule has 72 valence electrons. The average molecular weight is 201 g/mol. The minimum atomic E-state index is 0.00663. The fourth-order valence-corrected chi connectivity index (χ4v) is 1.41. The lowest BCUT2D eigenvalue weighted by atomic mass is 10.1. The zero-order valence-corrected chi connectivity index (χ0v) is 8.34. The molecule has 0 aromatic heterocycles. The maximum absolute atomic E-state index is 8.58. The van der Waals surface area contributed by atoms with Gasteiger partial charge in [-0.15, -0.1) is 0 Å². The lowest BCUT2D eigenvalue weighted by molar-refractivity contribution is 0.201. The van der Waals surface area contributed by atoms with Crippen molar-refractivity contribution in [1.82, 2.24) is 0 Å². The minimum absolute atomic E-state index is 0.00663. The van der Waals surface area contributed by atoms with Crippen molar-refractivity contribution < 1.29 is 9.84 Å². The summed E-state index contributed by atoms with van der Waals surface area (Å²) >= 11 is 6.04. The second kappa shape index (κ2) is 5.10. The molecule has 0 heterocycles. The highest BCUT2D eigenvalue weighted by atomic mass is 35.5. The van der Waals surface area contributed by atoms with Crippen LogP contribution in [0.15, 0.2) is 18.2 Å². The van der Waals surface area contributed by atoms with Crippen LogP contribution >= 0.6 is 11.6 Å². The van der Waals surface area contributed by atoms with Crippen LogP contribution in [-0.2, 0) is 6.42 Å². The predicted octanol–water partition coefficient (Wildman–Crippen LogP) is 2.27. The largest absolute Gasteiger partial charge is 0.490 e. The molecule has 0 radical (unpaired) electrons. The molecular formula is C10H13ClO2. The quantitative estimate of drug-likeness (QED) is 0.808. The molecule has 1 N–H and O–H groups in total. The topological polar surface area (TPSA) is 29.5 Å². The van der Waals surface area contributed by atoms with Gasteiger partial charge >= 0.3 is 0 Å². The van der Waals surface area contributed by atoms with Crippen LogP contribution in [0, 0.1) is 0 Å². The Kier molecular flexibility index (Phi) is 4.06. The van der Waals surface area contributed by atoms with E-state index in [9.17, 15) is 0 Å². The van der Waals surface area contributed by atoms with Crippen molar-refractivity contribution >= 4 is 11.6 Å². The Balaban J connectivity index is 2.81. The Morgan fingerprint density at radius 1 is 1.46 bits per heavy atom. The molecule has 1 aromatic rings. The molecule has 0 aliphatic rings. The van der Waals surface area contributed by atoms with Crippen LogP contribution in [0.3, 0.4) is 0 Å². The fraction of sp³-hybridized carbons (Fsp3) is 0.400. The molecule has 0 saturated heterocycles. The highest BCUT2D eigenvalue weighted by molar-refractivity contribution is 6.32. The zero-order valence-electron chi connectivity index (χ0n) is 7.59. The molecule has 0 atom stereocenters. The molecule has 0 spiro atoms. The van der Waals surface area contributed by atoms with Crippen molar-refractivity contribution in [2.75, 3.05) is 13.2 Å². The number of aryl methyl sites for hydroxylation is 1. The average Bonchev–Trinajstić information content (AvgIpc) is 2.16. The zero-order chi connectivity index (χ0) is 9.68. The monoisotopic (exact) mass is 200 g/mol. The third kappa shape index (κ3) is 2.61. The molecule has 0 aliphatic heterocycles.